The number of nitrogens with zero attached hydrogens (tertiary/aromatic N) is 4. The first-order valence-electron chi connectivity index (χ1n) is 7.26. The molecule has 0 N–H and O–H groups in total. The van der Waals surface area contributed by atoms with Gasteiger partial charge in [0.15, 0.2) is 5.82 Å². The third-order valence-electron chi connectivity index (χ3n) is 3.84. The van der Waals surface area contributed by atoms with Gasteiger partial charge in [-0.15, -0.1) is 0 Å². The van der Waals surface area contributed by atoms with Crippen molar-refractivity contribution < 1.29 is 14.3 Å². The van der Waals surface area contributed by atoms with Crippen molar-refractivity contribution in [3.63, 3.8) is 0 Å². The molecule has 1 aliphatic heterocycles. The number of hydrogen-bond donors (Lipinski definition) is 0. The molecule has 0 atom stereocenters. The number of anilines is 1. The molecule has 0 aliphatic carbocycles. The number of carbonyl (C=O) groups is 1. The number of ether oxygens (including phenoxy) is 2. The maximum atomic E-state index is 12.7. The smallest absolute Gasteiger partial charge is 0.254 e. The van der Waals surface area contributed by atoms with Crippen LogP contribution in [0.5, 0.6) is 11.5 Å². The second kappa shape index (κ2) is 6.82. The highest BCUT2D eigenvalue weighted by molar-refractivity contribution is 6.99. The van der Waals surface area contributed by atoms with Gasteiger partial charge in [0.1, 0.15) is 11.5 Å². The van der Waals surface area contributed by atoms with Gasteiger partial charge in [-0.3, -0.25) is 4.79 Å². The lowest BCUT2D eigenvalue weighted by Crippen LogP contribution is -2.48. The molecule has 0 spiro atoms. The van der Waals surface area contributed by atoms with Gasteiger partial charge < -0.3 is 19.3 Å². The van der Waals surface area contributed by atoms with Crippen molar-refractivity contribution in [2.75, 3.05) is 45.3 Å². The largest absolute Gasteiger partial charge is 0.497 e. The molecule has 0 saturated carbocycles. The highest BCUT2D eigenvalue weighted by Crippen LogP contribution is 2.24. The predicted molar refractivity (Wildman–Crippen MR) is 87.6 cm³/mol. The van der Waals surface area contributed by atoms with Gasteiger partial charge in [0.05, 0.1) is 32.1 Å². The highest BCUT2D eigenvalue weighted by atomic mass is 32.1. The maximum Gasteiger partial charge on any atom is 0.254 e. The van der Waals surface area contributed by atoms with Crippen LogP contribution >= 0.6 is 11.7 Å². The van der Waals surface area contributed by atoms with Crippen LogP contribution in [-0.4, -0.2) is 60.0 Å². The van der Waals surface area contributed by atoms with Crippen LogP contribution in [0.25, 0.3) is 0 Å². The van der Waals surface area contributed by atoms with Crippen molar-refractivity contribution in [3.05, 3.63) is 30.0 Å². The van der Waals surface area contributed by atoms with E-state index in [1.165, 1.54) is 11.7 Å². The van der Waals surface area contributed by atoms with Crippen molar-refractivity contribution in [2.45, 2.75) is 0 Å². The van der Waals surface area contributed by atoms with Crippen molar-refractivity contribution >= 4 is 23.5 Å². The van der Waals surface area contributed by atoms with E-state index in [2.05, 4.69) is 13.6 Å². The second-order valence-electron chi connectivity index (χ2n) is 5.15. The summed E-state index contributed by atoms with van der Waals surface area (Å²) < 4.78 is 18.7. The lowest BCUT2D eigenvalue weighted by Gasteiger charge is -2.34. The SMILES string of the molecule is COc1cc(OC)cc(C(=O)N2CCN(c3cnsn3)CC2)c1. The molecule has 1 fully saturated rings. The van der Waals surface area contributed by atoms with Gasteiger partial charge in [-0.25, -0.2) is 0 Å². The molecular weight excluding hydrogens is 316 g/mol. The van der Waals surface area contributed by atoms with Crippen LogP contribution in [0.3, 0.4) is 0 Å². The van der Waals surface area contributed by atoms with Crippen LogP contribution < -0.4 is 14.4 Å². The summed E-state index contributed by atoms with van der Waals surface area (Å²) in [5.41, 5.74) is 0.574. The van der Waals surface area contributed by atoms with E-state index in [0.717, 1.165) is 18.9 Å². The van der Waals surface area contributed by atoms with Gasteiger partial charge >= 0.3 is 0 Å². The van der Waals surface area contributed by atoms with Gasteiger partial charge in [0, 0.05) is 37.8 Å². The highest BCUT2D eigenvalue weighted by Gasteiger charge is 2.24. The normalized spacial score (nSPS) is 14.7. The van der Waals surface area contributed by atoms with E-state index in [1.54, 1.807) is 38.6 Å². The number of rotatable bonds is 4. The summed E-state index contributed by atoms with van der Waals surface area (Å²) in [6.07, 6.45) is 1.76. The fourth-order valence-electron chi connectivity index (χ4n) is 2.55. The Balaban J connectivity index is 1.70. The van der Waals surface area contributed by atoms with Crippen molar-refractivity contribution in [3.8, 4) is 11.5 Å². The minimum absolute atomic E-state index is 0.0155. The molecule has 7 nitrogen and oxygen atoms in total. The summed E-state index contributed by atoms with van der Waals surface area (Å²) in [4.78, 5) is 16.7. The second-order valence-corrected chi connectivity index (χ2v) is 5.70. The molecule has 122 valence electrons. The minimum atomic E-state index is -0.0155. The fourth-order valence-corrected chi connectivity index (χ4v) is 2.99. The lowest BCUT2D eigenvalue weighted by molar-refractivity contribution is 0.0746. The number of amides is 1. The first-order chi connectivity index (χ1) is 11.2. The zero-order valence-electron chi connectivity index (χ0n) is 13.1. The number of piperazine rings is 1. The van der Waals surface area contributed by atoms with Crippen molar-refractivity contribution in [1.29, 1.82) is 0 Å². The molecule has 1 amide bonds. The Bertz CT molecular complexity index is 647. The number of benzene rings is 1. The van der Waals surface area contributed by atoms with E-state index in [4.69, 9.17) is 9.47 Å². The number of hydrogen-bond acceptors (Lipinski definition) is 7. The molecule has 8 heteroatoms. The standard InChI is InChI=1S/C15H18N4O3S/c1-21-12-7-11(8-13(9-12)22-2)15(20)19-5-3-18(4-6-19)14-10-16-23-17-14/h7-10H,3-6H2,1-2H3. The van der Waals surface area contributed by atoms with Gasteiger partial charge in [-0.1, -0.05) is 0 Å². The van der Waals surface area contributed by atoms with Gasteiger partial charge in [0.25, 0.3) is 5.91 Å². The van der Waals surface area contributed by atoms with Gasteiger partial charge in [-0.05, 0) is 12.1 Å². The molecule has 0 radical (unpaired) electrons. The van der Waals surface area contributed by atoms with E-state index in [1.807, 2.05) is 4.90 Å². The minimum Gasteiger partial charge on any atom is -0.497 e. The summed E-state index contributed by atoms with van der Waals surface area (Å²) >= 11 is 1.20. The van der Waals surface area contributed by atoms with Crippen molar-refractivity contribution in [2.24, 2.45) is 0 Å². The lowest BCUT2D eigenvalue weighted by atomic mass is 10.1. The van der Waals surface area contributed by atoms with Crippen LogP contribution in [0.4, 0.5) is 5.82 Å². The molecule has 1 aromatic carbocycles. The Morgan fingerprint density at radius 3 is 2.26 bits per heavy atom. The Kier molecular flexibility index (Phi) is 4.61. The zero-order chi connectivity index (χ0) is 16.2. The predicted octanol–water partition coefficient (Wildman–Crippen LogP) is 1.52. The Morgan fingerprint density at radius 2 is 1.74 bits per heavy atom. The zero-order valence-corrected chi connectivity index (χ0v) is 13.9. The van der Waals surface area contributed by atoms with Gasteiger partial charge in [0.2, 0.25) is 0 Å². The summed E-state index contributed by atoms with van der Waals surface area (Å²) in [7, 11) is 3.15. The molecule has 0 bridgehead atoms. The Hall–Kier alpha value is -2.35. The first kappa shape index (κ1) is 15.5. The van der Waals surface area contributed by atoms with E-state index >= 15 is 0 Å². The summed E-state index contributed by atoms with van der Waals surface area (Å²) in [5.74, 6) is 2.09. The number of methoxy groups -OCH3 is 2. The quantitative estimate of drug-likeness (QED) is 0.844. The van der Waals surface area contributed by atoms with Crippen LogP contribution in [0.1, 0.15) is 10.4 Å². The maximum absolute atomic E-state index is 12.7. The molecule has 2 heterocycles. The summed E-state index contributed by atoms with van der Waals surface area (Å²) in [6.45, 7) is 2.79. The molecule has 23 heavy (non-hydrogen) atoms. The molecule has 0 unspecified atom stereocenters. The molecule has 1 aliphatic rings. The van der Waals surface area contributed by atoms with E-state index in [9.17, 15) is 4.79 Å². The van der Waals surface area contributed by atoms with Crippen LogP contribution in [0, 0.1) is 0 Å². The van der Waals surface area contributed by atoms with Crippen LogP contribution in [0.2, 0.25) is 0 Å². The molecule has 2 aromatic rings. The monoisotopic (exact) mass is 334 g/mol. The first-order valence-corrected chi connectivity index (χ1v) is 7.99. The van der Waals surface area contributed by atoms with E-state index < -0.39 is 0 Å². The molecular formula is C15H18N4O3S. The Morgan fingerprint density at radius 1 is 1.09 bits per heavy atom. The summed E-state index contributed by atoms with van der Waals surface area (Å²) in [5, 5.41) is 0. The van der Waals surface area contributed by atoms with Crippen LogP contribution in [-0.2, 0) is 0 Å². The summed E-state index contributed by atoms with van der Waals surface area (Å²) in [6, 6.07) is 5.23. The van der Waals surface area contributed by atoms with E-state index in [-0.39, 0.29) is 5.91 Å². The molecule has 1 saturated heterocycles. The third-order valence-corrected chi connectivity index (χ3v) is 4.31. The molecule has 3 rings (SSSR count). The van der Waals surface area contributed by atoms with Crippen LogP contribution in [0.15, 0.2) is 24.4 Å². The average Bonchev–Trinajstić information content (AvgIpc) is 3.15. The van der Waals surface area contributed by atoms with Gasteiger partial charge in [-0.2, -0.15) is 8.75 Å². The molecule has 1 aromatic heterocycles. The number of aromatic nitrogens is 2. The fraction of sp³-hybridized carbons (Fsp3) is 0.400. The Labute approximate surface area is 138 Å². The number of carbonyl (C=O) groups excluding carboxylic acids is 1. The topological polar surface area (TPSA) is 67.8 Å². The van der Waals surface area contributed by atoms with E-state index in [0.29, 0.717) is 30.2 Å². The van der Waals surface area contributed by atoms with Crippen molar-refractivity contribution in [1.82, 2.24) is 13.6 Å². The average molecular weight is 334 g/mol. The third kappa shape index (κ3) is 3.37.